The molecule has 1 saturated heterocycles. The van der Waals surface area contributed by atoms with Gasteiger partial charge in [0.15, 0.2) is 5.79 Å². The highest BCUT2D eigenvalue weighted by Gasteiger charge is 2.51. The van der Waals surface area contributed by atoms with Crippen molar-refractivity contribution in [3.05, 3.63) is 33.8 Å². The summed E-state index contributed by atoms with van der Waals surface area (Å²) in [6.07, 6.45) is 5.26. The number of fused-ring (bicyclic) bond motifs is 1. The van der Waals surface area contributed by atoms with Crippen LogP contribution in [-0.2, 0) is 15.9 Å². The van der Waals surface area contributed by atoms with Crippen LogP contribution in [0.3, 0.4) is 0 Å². The molecule has 2 N–H and O–H groups in total. The highest BCUT2D eigenvalue weighted by Crippen LogP contribution is 2.56. The van der Waals surface area contributed by atoms with Crippen molar-refractivity contribution in [2.24, 2.45) is 11.1 Å². The Balaban J connectivity index is 1.59. The molecule has 20 heavy (non-hydrogen) atoms. The lowest BCUT2D eigenvalue weighted by atomic mass is 9.68. The summed E-state index contributed by atoms with van der Waals surface area (Å²) in [5, 5.41) is 0. The normalized spacial score (nSPS) is 30.0. The predicted octanol–water partition coefficient (Wildman–Crippen LogP) is 3.31. The van der Waals surface area contributed by atoms with Gasteiger partial charge in [0.1, 0.15) is 0 Å². The molecule has 2 aliphatic carbocycles. The van der Waals surface area contributed by atoms with Gasteiger partial charge in [-0.25, -0.2) is 0 Å². The van der Waals surface area contributed by atoms with Gasteiger partial charge in [0.2, 0.25) is 0 Å². The van der Waals surface area contributed by atoms with Gasteiger partial charge in [0, 0.05) is 23.4 Å². The predicted molar refractivity (Wildman–Crippen MR) is 80.3 cm³/mol. The second-order valence-corrected chi connectivity index (χ2v) is 7.38. The van der Waals surface area contributed by atoms with E-state index < -0.39 is 0 Å². The van der Waals surface area contributed by atoms with Gasteiger partial charge in [-0.1, -0.05) is 22.0 Å². The fourth-order valence-corrected chi connectivity index (χ4v) is 4.62. The zero-order valence-electron chi connectivity index (χ0n) is 11.5. The van der Waals surface area contributed by atoms with E-state index in [-0.39, 0.29) is 17.2 Å². The molecular formula is C16H20BrNO2. The van der Waals surface area contributed by atoms with Crippen molar-refractivity contribution in [3.63, 3.8) is 0 Å². The van der Waals surface area contributed by atoms with E-state index in [1.54, 1.807) is 0 Å². The van der Waals surface area contributed by atoms with Crippen molar-refractivity contribution < 1.29 is 9.47 Å². The van der Waals surface area contributed by atoms with Crippen molar-refractivity contribution in [2.75, 3.05) is 13.2 Å². The largest absolute Gasteiger partial charge is 0.348 e. The van der Waals surface area contributed by atoms with Gasteiger partial charge in [0.05, 0.1) is 13.2 Å². The van der Waals surface area contributed by atoms with Gasteiger partial charge in [-0.2, -0.15) is 0 Å². The molecule has 1 atom stereocenters. The van der Waals surface area contributed by atoms with E-state index in [0.29, 0.717) is 0 Å². The smallest absolute Gasteiger partial charge is 0.168 e. The third-order valence-corrected chi connectivity index (χ3v) is 5.96. The van der Waals surface area contributed by atoms with Crippen LogP contribution in [-0.4, -0.2) is 19.0 Å². The average molecular weight is 338 g/mol. The molecule has 2 spiro atoms. The van der Waals surface area contributed by atoms with Crippen LogP contribution in [0.15, 0.2) is 22.7 Å². The molecule has 4 heteroatoms. The second kappa shape index (κ2) is 4.54. The van der Waals surface area contributed by atoms with Crippen LogP contribution >= 0.6 is 15.9 Å². The van der Waals surface area contributed by atoms with E-state index in [1.807, 2.05) is 0 Å². The van der Waals surface area contributed by atoms with Crippen LogP contribution < -0.4 is 5.73 Å². The topological polar surface area (TPSA) is 44.5 Å². The van der Waals surface area contributed by atoms with Crippen molar-refractivity contribution >= 4 is 15.9 Å². The number of rotatable bonds is 0. The maximum Gasteiger partial charge on any atom is 0.168 e. The maximum absolute atomic E-state index is 6.61. The van der Waals surface area contributed by atoms with E-state index in [4.69, 9.17) is 15.2 Å². The highest BCUT2D eigenvalue weighted by atomic mass is 79.9. The SMILES string of the molecule is NC1c2cc(Br)ccc2CC12CCC1(CC2)OCCO1. The number of benzene rings is 1. The lowest BCUT2D eigenvalue weighted by Gasteiger charge is -2.44. The molecule has 3 nitrogen and oxygen atoms in total. The first-order chi connectivity index (χ1) is 9.63. The van der Waals surface area contributed by atoms with Crippen LogP contribution in [0.4, 0.5) is 0 Å². The fourth-order valence-electron chi connectivity index (χ4n) is 4.24. The minimum Gasteiger partial charge on any atom is -0.348 e. The number of halogens is 1. The second-order valence-electron chi connectivity index (χ2n) is 6.47. The zero-order valence-corrected chi connectivity index (χ0v) is 13.1. The van der Waals surface area contributed by atoms with Crippen LogP contribution in [0.1, 0.15) is 42.9 Å². The Morgan fingerprint density at radius 3 is 2.50 bits per heavy atom. The Bertz CT molecular complexity index is 529. The Morgan fingerprint density at radius 2 is 1.80 bits per heavy atom. The molecule has 0 amide bonds. The summed E-state index contributed by atoms with van der Waals surface area (Å²) in [7, 11) is 0. The summed E-state index contributed by atoms with van der Waals surface area (Å²) in [4.78, 5) is 0. The molecule has 1 aliphatic heterocycles. The zero-order chi connectivity index (χ0) is 13.8. The van der Waals surface area contributed by atoms with Crippen molar-refractivity contribution in [2.45, 2.75) is 43.9 Å². The molecule has 108 valence electrons. The minimum atomic E-state index is -0.291. The number of nitrogens with two attached hydrogens (primary N) is 1. The highest BCUT2D eigenvalue weighted by molar-refractivity contribution is 9.10. The summed E-state index contributed by atoms with van der Waals surface area (Å²) in [6, 6.07) is 6.69. The number of ether oxygens (including phenoxy) is 2. The summed E-state index contributed by atoms with van der Waals surface area (Å²) in [5.41, 5.74) is 9.57. The summed E-state index contributed by atoms with van der Waals surface area (Å²) in [5.74, 6) is -0.291. The van der Waals surface area contributed by atoms with Gasteiger partial charge in [0.25, 0.3) is 0 Å². The first-order valence-electron chi connectivity index (χ1n) is 7.44. The number of hydrogen-bond acceptors (Lipinski definition) is 3. The monoisotopic (exact) mass is 337 g/mol. The molecule has 1 heterocycles. The first-order valence-corrected chi connectivity index (χ1v) is 8.24. The van der Waals surface area contributed by atoms with E-state index in [2.05, 4.69) is 34.1 Å². The molecule has 1 aromatic carbocycles. The van der Waals surface area contributed by atoms with Gasteiger partial charge in [-0.05, 0) is 47.9 Å². The third-order valence-electron chi connectivity index (χ3n) is 5.47. The van der Waals surface area contributed by atoms with E-state index >= 15 is 0 Å². The Kier molecular flexibility index (Phi) is 3.01. The molecular weight excluding hydrogens is 318 g/mol. The third kappa shape index (κ3) is 1.89. The van der Waals surface area contributed by atoms with Crippen molar-refractivity contribution in [1.82, 2.24) is 0 Å². The first kappa shape index (κ1) is 13.3. The Morgan fingerprint density at radius 1 is 1.10 bits per heavy atom. The Labute approximate surface area is 127 Å². The Hall–Kier alpha value is -0.420. The van der Waals surface area contributed by atoms with Gasteiger partial charge in [-0.15, -0.1) is 0 Å². The van der Waals surface area contributed by atoms with Crippen molar-refractivity contribution in [1.29, 1.82) is 0 Å². The van der Waals surface area contributed by atoms with Crippen LogP contribution in [0, 0.1) is 5.41 Å². The van der Waals surface area contributed by atoms with Crippen LogP contribution in [0.25, 0.3) is 0 Å². The fraction of sp³-hybridized carbons (Fsp3) is 0.625. The molecule has 1 aromatic rings. The van der Waals surface area contributed by atoms with Crippen LogP contribution in [0.5, 0.6) is 0 Å². The maximum atomic E-state index is 6.61. The van der Waals surface area contributed by atoms with Crippen molar-refractivity contribution in [3.8, 4) is 0 Å². The lowest BCUT2D eigenvalue weighted by Crippen LogP contribution is -2.43. The van der Waals surface area contributed by atoms with Gasteiger partial charge in [-0.3, -0.25) is 0 Å². The van der Waals surface area contributed by atoms with Crippen LogP contribution in [0.2, 0.25) is 0 Å². The van der Waals surface area contributed by atoms with Gasteiger partial charge < -0.3 is 15.2 Å². The molecule has 2 fully saturated rings. The molecule has 1 unspecified atom stereocenters. The average Bonchev–Trinajstić information content (AvgIpc) is 3.00. The van der Waals surface area contributed by atoms with E-state index in [9.17, 15) is 0 Å². The van der Waals surface area contributed by atoms with Gasteiger partial charge >= 0.3 is 0 Å². The van der Waals surface area contributed by atoms with E-state index in [0.717, 1.165) is 49.8 Å². The molecule has 4 rings (SSSR count). The van der Waals surface area contributed by atoms with E-state index in [1.165, 1.54) is 11.1 Å². The summed E-state index contributed by atoms with van der Waals surface area (Å²) < 4.78 is 12.8. The quantitative estimate of drug-likeness (QED) is 0.789. The summed E-state index contributed by atoms with van der Waals surface area (Å²) >= 11 is 3.56. The molecule has 1 saturated carbocycles. The minimum absolute atomic E-state index is 0.147. The summed E-state index contributed by atoms with van der Waals surface area (Å²) in [6.45, 7) is 1.48. The molecule has 0 radical (unpaired) electrons. The lowest BCUT2D eigenvalue weighted by molar-refractivity contribution is -0.192. The molecule has 3 aliphatic rings. The standard InChI is InChI=1S/C16H20BrNO2/c17-12-2-1-11-10-15(14(18)13(11)9-12)3-5-16(6-4-15)19-7-8-20-16/h1-2,9,14H,3-8,10,18H2. The number of hydrogen-bond donors (Lipinski definition) is 1. The molecule has 0 bridgehead atoms. The molecule has 0 aromatic heterocycles.